The smallest absolute Gasteiger partial charge is 0.327 e. The van der Waals surface area contributed by atoms with Crippen molar-refractivity contribution in [2.45, 2.75) is 32.2 Å². The minimum Gasteiger partial charge on any atom is -0.335 e. The molecule has 0 aliphatic carbocycles. The van der Waals surface area contributed by atoms with Crippen molar-refractivity contribution in [1.29, 1.82) is 0 Å². The molecule has 1 aliphatic heterocycles. The predicted molar refractivity (Wildman–Crippen MR) is 71.1 cm³/mol. The van der Waals surface area contributed by atoms with E-state index in [0.29, 0.717) is 17.1 Å². The van der Waals surface area contributed by atoms with E-state index in [1.165, 1.54) is 6.42 Å². The number of aromatic nitrogens is 4. The lowest BCUT2D eigenvalue weighted by atomic mass is 9.90. The molecule has 0 spiro atoms. The highest BCUT2D eigenvalue weighted by molar-refractivity contribution is 5.68. The highest BCUT2D eigenvalue weighted by Crippen LogP contribution is 2.27. The van der Waals surface area contributed by atoms with Crippen LogP contribution in [0.15, 0.2) is 9.59 Å². The Kier molecular flexibility index (Phi) is 2.98. The normalized spacial score (nSPS) is 23.8. The predicted octanol–water partition coefficient (Wildman–Crippen LogP) is 0.390. The van der Waals surface area contributed by atoms with Gasteiger partial charge in [-0.3, -0.25) is 14.8 Å². The van der Waals surface area contributed by atoms with Crippen LogP contribution < -0.4 is 16.6 Å². The average molecular weight is 263 g/mol. The summed E-state index contributed by atoms with van der Waals surface area (Å²) in [6.45, 7) is 3.14. The van der Waals surface area contributed by atoms with Gasteiger partial charge in [0.05, 0.1) is 6.04 Å². The number of hydrogen-bond donors (Lipinski definition) is 4. The van der Waals surface area contributed by atoms with Gasteiger partial charge in [-0.1, -0.05) is 13.3 Å². The fourth-order valence-corrected chi connectivity index (χ4v) is 2.69. The second kappa shape index (κ2) is 4.65. The van der Waals surface area contributed by atoms with Crippen LogP contribution in [0, 0.1) is 5.92 Å². The van der Waals surface area contributed by atoms with Crippen molar-refractivity contribution in [2.24, 2.45) is 5.92 Å². The summed E-state index contributed by atoms with van der Waals surface area (Å²) >= 11 is 0. The lowest BCUT2D eigenvalue weighted by molar-refractivity contribution is 0.292. The summed E-state index contributed by atoms with van der Waals surface area (Å²) < 4.78 is 0. The Balaban J connectivity index is 1.99. The molecule has 2 atom stereocenters. The van der Waals surface area contributed by atoms with Gasteiger partial charge in [-0.05, 0) is 25.3 Å². The van der Waals surface area contributed by atoms with Crippen LogP contribution in [0.2, 0.25) is 0 Å². The van der Waals surface area contributed by atoms with Crippen molar-refractivity contribution >= 4 is 11.2 Å². The van der Waals surface area contributed by atoms with Crippen molar-refractivity contribution in [1.82, 2.24) is 25.3 Å². The molecule has 3 heterocycles. The fraction of sp³-hybridized carbons (Fsp3) is 0.583. The number of fused-ring (bicyclic) bond motifs is 1. The van der Waals surface area contributed by atoms with Crippen LogP contribution in [0.4, 0.5) is 0 Å². The Labute approximate surface area is 108 Å². The summed E-state index contributed by atoms with van der Waals surface area (Å²) in [7, 11) is 0. The van der Waals surface area contributed by atoms with Crippen molar-refractivity contribution in [3.8, 4) is 0 Å². The first-order valence-electron chi connectivity index (χ1n) is 6.63. The number of nitrogens with one attached hydrogen (secondary N) is 4. The van der Waals surface area contributed by atoms with Gasteiger partial charge in [0.1, 0.15) is 11.3 Å². The van der Waals surface area contributed by atoms with Crippen LogP contribution in [0.1, 0.15) is 38.1 Å². The van der Waals surface area contributed by atoms with E-state index in [4.69, 9.17) is 0 Å². The third kappa shape index (κ3) is 2.21. The number of aromatic amines is 3. The van der Waals surface area contributed by atoms with Crippen LogP contribution in [0.25, 0.3) is 11.2 Å². The summed E-state index contributed by atoms with van der Waals surface area (Å²) in [5.41, 5.74) is -0.307. The van der Waals surface area contributed by atoms with Gasteiger partial charge in [0.2, 0.25) is 0 Å². The summed E-state index contributed by atoms with van der Waals surface area (Å²) in [6, 6.07) is 0.119. The second-order valence-corrected chi connectivity index (χ2v) is 5.06. The molecule has 102 valence electrons. The fourth-order valence-electron chi connectivity index (χ4n) is 2.69. The monoisotopic (exact) mass is 263 g/mol. The number of nitrogens with zero attached hydrogens (tertiary/aromatic N) is 1. The van der Waals surface area contributed by atoms with E-state index in [9.17, 15) is 9.59 Å². The summed E-state index contributed by atoms with van der Waals surface area (Å²) in [5.74, 6) is 1.40. The van der Waals surface area contributed by atoms with Crippen molar-refractivity contribution in [2.75, 3.05) is 6.54 Å². The Hall–Kier alpha value is -1.89. The van der Waals surface area contributed by atoms with Crippen LogP contribution >= 0.6 is 0 Å². The average Bonchev–Trinajstić information content (AvgIpc) is 2.83. The maximum atomic E-state index is 11.6. The minimum atomic E-state index is -0.529. The van der Waals surface area contributed by atoms with Crippen LogP contribution in [-0.2, 0) is 0 Å². The summed E-state index contributed by atoms with van der Waals surface area (Å²) in [4.78, 5) is 34.9. The Bertz CT molecular complexity index is 698. The maximum Gasteiger partial charge on any atom is 0.327 e. The maximum absolute atomic E-state index is 11.6. The number of rotatable bonds is 2. The zero-order chi connectivity index (χ0) is 13.4. The van der Waals surface area contributed by atoms with E-state index in [1.807, 2.05) is 0 Å². The number of H-pyrrole nitrogens is 3. The molecule has 3 rings (SSSR count). The molecule has 1 fully saturated rings. The molecule has 1 saturated heterocycles. The molecule has 2 aromatic heterocycles. The first kappa shape index (κ1) is 12.2. The summed E-state index contributed by atoms with van der Waals surface area (Å²) in [6.07, 6.45) is 3.32. The zero-order valence-electron chi connectivity index (χ0n) is 10.7. The molecule has 2 unspecified atom stereocenters. The molecule has 7 heteroatoms. The van der Waals surface area contributed by atoms with Gasteiger partial charge in [0, 0.05) is 0 Å². The number of hydrogen-bond acceptors (Lipinski definition) is 4. The second-order valence-electron chi connectivity index (χ2n) is 5.06. The SMILES string of the molecule is CCC1CCNC(c2nc3[nH]c(=O)[nH]c(=O)c3[nH]2)C1. The largest absolute Gasteiger partial charge is 0.335 e. The lowest BCUT2D eigenvalue weighted by Crippen LogP contribution is -2.32. The van der Waals surface area contributed by atoms with Gasteiger partial charge in [0.25, 0.3) is 5.56 Å². The quantitative estimate of drug-likeness (QED) is 0.628. The van der Waals surface area contributed by atoms with E-state index in [2.05, 4.69) is 32.2 Å². The first-order valence-corrected chi connectivity index (χ1v) is 6.63. The molecule has 0 radical (unpaired) electrons. The highest BCUT2D eigenvalue weighted by Gasteiger charge is 2.24. The van der Waals surface area contributed by atoms with E-state index in [-0.39, 0.29) is 6.04 Å². The molecule has 0 bridgehead atoms. The van der Waals surface area contributed by atoms with Crippen molar-refractivity contribution in [3.05, 3.63) is 26.7 Å². The molecular formula is C12H17N5O2. The molecule has 0 amide bonds. The molecule has 2 aromatic rings. The zero-order valence-corrected chi connectivity index (χ0v) is 10.7. The Morgan fingerprint density at radius 2 is 2.11 bits per heavy atom. The molecule has 4 N–H and O–H groups in total. The standard InChI is InChI=1S/C12H17N5O2/c1-2-6-3-4-13-7(5-6)9-14-8-10(15-9)16-12(19)17-11(8)18/h6-7,13H,2-5H2,1H3,(H3,14,15,16,17,18,19). The van der Waals surface area contributed by atoms with Crippen LogP contribution in [0.5, 0.6) is 0 Å². The van der Waals surface area contributed by atoms with Crippen LogP contribution in [0.3, 0.4) is 0 Å². The molecule has 0 saturated carbocycles. The van der Waals surface area contributed by atoms with Gasteiger partial charge in [-0.15, -0.1) is 0 Å². The number of piperidine rings is 1. The van der Waals surface area contributed by atoms with Crippen LogP contribution in [-0.4, -0.2) is 26.5 Å². The number of imidazole rings is 1. The first-order chi connectivity index (χ1) is 9.17. The molecule has 7 nitrogen and oxygen atoms in total. The van der Waals surface area contributed by atoms with Gasteiger partial charge in [-0.25, -0.2) is 9.78 Å². The van der Waals surface area contributed by atoms with E-state index in [0.717, 1.165) is 25.2 Å². The van der Waals surface area contributed by atoms with Gasteiger partial charge in [-0.2, -0.15) is 0 Å². The lowest BCUT2D eigenvalue weighted by Gasteiger charge is -2.28. The minimum absolute atomic E-state index is 0.119. The summed E-state index contributed by atoms with van der Waals surface area (Å²) in [5, 5.41) is 3.40. The van der Waals surface area contributed by atoms with Crippen molar-refractivity contribution in [3.63, 3.8) is 0 Å². The molecular weight excluding hydrogens is 246 g/mol. The Morgan fingerprint density at radius 1 is 1.26 bits per heavy atom. The van der Waals surface area contributed by atoms with Gasteiger partial charge < -0.3 is 10.3 Å². The third-order valence-corrected chi connectivity index (χ3v) is 3.83. The topological polar surface area (TPSA) is 106 Å². The van der Waals surface area contributed by atoms with E-state index in [1.54, 1.807) is 0 Å². The molecule has 19 heavy (non-hydrogen) atoms. The van der Waals surface area contributed by atoms with E-state index < -0.39 is 11.2 Å². The molecule has 0 aromatic carbocycles. The van der Waals surface area contributed by atoms with Gasteiger partial charge in [0.15, 0.2) is 5.65 Å². The highest BCUT2D eigenvalue weighted by atomic mass is 16.2. The van der Waals surface area contributed by atoms with Gasteiger partial charge >= 0.3 is 5.69 Å². The van der Waals surface area contributed by atoms with E-state index >= 15 is 0 Å². The Morgan fingerprint density at radius 3 is 2.89 bits per heavy atom. The third-order valence-electron chi connectivity index (χ3n) is 3.83. The molecule has 1 aliphatic rings. The van der Waals surface area contributed by atoms with Crippen molar-refractivity contribution < 1.29 is 0 Å².